The fourth-order valence-corrected chi connectivity index (χ4v) is 3.00. The van der Waals surface area contributed by atoms with Gasteiger partial charge in [0.15, 0.2) is 0 Å². The predicted molar refractivity (Wildman–Crippen MR) is 76.7 cm³/mol. The van der Waals surface area contributed by atoms with Gasteiger partial charge < -0.3 is 11.1 Å². The molecule has 2 fully saturated rings. The van der Waals surface area contributed by atoms with Crippen LogP contribution < -0.4 is 11.1 Å². The second kappa shape index (κ2) is 7.34. The maximum atomic E-state index is 12.1. The van der Waals surface area contributed by atoms with Crippen molar-refractivity contribution in [3.63, 3.8) is 0 Å². The number of rotatable bonds is 5. The lowest BCUT2D eigenvalue weighted by Gasteiger charge is -2.28. The van der Waals surface area contributed by atoms with E-state index in [0.29, 0.717) is 12.5 Å². The van der Waals surface area contributed by atoms with Crippen LogP contribution in [-0.4, -0.2) is 18.5 Å². The zero-order valence-electron chi connectivity index (χ0n) is 11.4. The highest BCUT2D eigenvalue weighted by Gasteiger charge is 2.33. The van der Waals surface area contributed by atoms with E-state index in [4.69, 9.17) is 5.73 Å². The minimum atomic E-state index is 0. The Labute approximate surface area is 117 Å². The summed E-state index contributed by atoms with van der Waals surface area (Å²) in [6.07, 6.45) is 8.35. The molecule has 2 aliphatic carbocycles. The maximum absolute atomic E-state index is 12.1. The van der Waals surface area contributed by atoms with Crippen molar-refractivity contribution in [1.29, 1.82) is 0 Å². The Balaban J connectivity index is 0.00000162. The molecule has 0 aliphatic heterocycles. The average Bonchev–Trinajstić information content (AvgIpc) is 3.20. The largest absolute Gasteiger partial charge is 0.352 e. The third kappa shape index (κ3) is 4.13. The summed E-state index contributed by atoms with van der Waals surface area (Å²) in [6, 6.07) is 0.242. The number of nitrogens with one attached hydrogen (secondary N) is 1. The number of carbonyl (C=O) groups excluding carboxylic acids is 1. The molecule has 0 aromatic rings. The molecule has 3 N–H and O–H groups in total. The molecule has 0 bridgehead atoms. The van der Waals surface area contributed by atoms with Gasteiger partial charge in [0.05, 0.1) is 0 Å². The third-order valence-corrected chi connectivity index (χ3v) is 4.57. The summed E-state index contributed by atoms with van der Waals surface area (Å²) in [7, 11) is 0. The van der Waals surface area contributed by atoms with Crippen LogP contribution in [0.4, 0.5) is 0 Å². The van der Waals surface area contributed by atoms with Gasteiger partial charge in [-0.25, -0.2) is 0 Å². The Kier molecular flexibility index (Phi) is 6.44. The fraction of sp³-hybridized carbons (Fsp3) is 0.929. The molecule has 2 saturated carbocycles. The highest BCUT2D eigenvalue weighted by Crippen LogP contribution is 2.34. The molecule has 0 aromatic heterocycles. The molecule has 0 spiro atoms. The van der Waals surface area contributed by atoms with Crippen LogP contribution in [0.5, 0.6) is 0 Å². The second-order valence-corrected chi connectivity index (χ2v) is 5.81. The first kappa shape index (κ1) is 15.8. The van der Waals surface area contributed by atoms with Gasteiger partial charge in [-0.2, -0.15) is 0 Å². The molecule has 1 amide bonds. The minimum Gasteiger partial charge on any atom is -0.352 e. The molecule has 4 heteroatoms. The molecule has 18 heavy (non-hydrogen) atoms. The van der Waals surface area contributed by atoms with Crippen LogP contribution in [0.15, 0.2) is 0 Å². The van der Waals surface area contributed by atoms with Crippen LogP contribution in [-0.2, 0) is 4.79 Å². The van der Waals surface area contributed by atoms with Crippen LogP contribution in [0.25, 0.3) is 0 Å². The molecule has 0 heterocycles. The zero-order chi connectivity index (χ0) is 12.3. The smallest absolute Gasteiger partial charge is 0.223 e. The summed E-state index contributed by atoms with van der Waals surface area (Å²) < 4.78 is 0. The van der Waals surface area contributed by atoms with Crippen LogP contribution >= 0.6 is 12.4 Å². The number of hydrogen-bond acceptors (Lipinski definition) is 2. The second-order valence-electron chi connectivity index (χ2n) is 5.81. The number of carbonyl (C=O) groups is 1. The van der Waals surface area contributed by atoms with E-state index in [2.05, 4.69) is 12.2 Å². The lowest BCUT2D eigenvalue weighted by Crippen LogP contribution is -2.45. The zero-order valence-corrected chi connectivity index (χ0v) is 12.2. The van der Waals surface area contributed by atoms with E-state index in [1.165, 1.54) is 32.1 Å². The Hall–Kier alpha value is -0.280. The topological polar surface area (TPSA) is 55.1 Å². The number of halogens is 1. The van der Waals surface area contributed by atoms with Gasteiger partial charge in [0.25, 0.3) is 0 Å². The quantitative estimate of drug-likeness (QED) is 0.809. The monoisotopic (exact) mass is 274 g/mol. The summed E-state index contributed by atoms with van der Waals surface area (Å²) in [5, 5.41) is 3.17. The van der Waals surface area contributed by atoms with Crippen molar-refractivity contribution in [1.82, 2.24) is 5.32 Å². The van der Waals surface area contributed by atoms with Crippen molar-refractivity contribution in [2.45, 2.75) is 57.9 Å². The van der Waals surface area contributed by atoms with Crippen molar-refractivity contribution < 1.29 is 4.79 Å². The standard InChI is InChI=1S/C14H26N2O.ClH/c1-2-10-3-5-12(6-4-10)14(17)16-13(9-15)11-7-8-11;/h10-13H,2-9,15H2,1H3,(H,16,17);1H. The molecule has 1 unspecified atom stereocenters. The van der Waals surface area contributed by atoms with Gasteiger partial charge in [-0.15, -0.1) is 12.4 Å². The minimum absolute atomic E-state index is 0. The van der Waals surface area contributed by atoms with E-state index in [1.807, 2.05) is 0 Å². The van der Waals surface area contributed by atoms with Crippen molar-refractivity contribution in [3.8, 4) is 0 Å². The average molecular weight is 275 g/mol. The summed E-state index contributed by atoms with van der Waals surface area (Å²) in [4.78, 5) is 12.1. The van der Waals surface area contributed by atoms with Crippen molar-refractivity contribution in [3.05, 3.63) is 0 Å². The fourth-order valence-electron chi connectivity index (χ4n) is 3.00. The number of nitrogens with two attached hydrogens (primary N) is 1. The molecular formula is C14H27ClN2O. The van der Waals surface area contributed by atoms with Gasteiger partial charge in [-0.3, -0.25) is 4.79 Å². The van der Waals surface area contributed by atoms with Crippen LogP contribution in [0.1, 0.15) is 51.9 Å². The van der Waals surface area contributed by atoms with E-state index in [0.717, 1.165) is 18.8 Å². The van der Waals surface area contributed by atoms with Gasteiger partial charge in [-0.1, -0.05) is 13.3 Å². The predicted octanol–water partition coefficient (Wildman–Crippen LogP) is 2.48. The van der Waals surface area contributed by atoms with Gasteiger partial charge in [-0.05, 0) is 50.4 Å². The summed E-state index contributed by atoms with van der Waals surface area (Å²) in [5.74, 6) is 2.04. The highest BCUT2D eigenvalue weighted by molar-refractivity contribution is 5.85. The first-order valence-electron chi connectivity index (χ1n) is 7.25. The van der Waals surface area contributed by atoms with E-state index < -0.39 is 0 Å². The van der Waals surface area contributed by atoms with Crippen LogP contribution in [0, 0.1) is 17.8 Å². The Morgan fingerprint density at radius 3 is 2.28 bits per heavy atom. The van der Waals surface area contributed by atoms with Crippen molar-refractivity contribution in [2.75, 3.05) is 6.54 Å². The van der Waals surface area contributed by atoms with Gasteiger partial charge in [0, 0.05) is 18.5 Å². The molecule has 0 saturated heterocycles. The van der Waals surface area contributed by atoms with E-state index >= 15 is 0 Å². The maximum Gasteiger partial charge on any atom is 0.223 e. The summed E-state index contributed by atoms with van der Waals surface area (Å²) in [5.41, 5.74) is 5.72. The van der Waals surface area contributed by atoms with Gasteiger partial charge >= 0.3 is 0 Å². The van der Waals surface area contributed by atoms with Gasteiger partial charge in [0.1, 0.15) is 0 Å². The van der Waals surface area contributed by atoms with E-state index in [9.17, 15) is 4.79 Å². The Morgan fingerprint density at radius 1 is 1.22 bits per heavy atom. The highest BCUT2D eigenvalue weighted by atomic mass is 35.5. The van der Waals surface area contributed by atoms with E-state index in [1.54, 1.807) is 0 Å². The first-order valence-corrected chi connectivity index (χ1v) is 7.25. The molecule has 1 atom stereocenters. The van der Waals surface area contributed by atoms with Crippen LogP contribution in [0.2, 0.25) is 0 Å². The summed E-state index contributed by atoms with van der Waals surface area (Å²) >= 11 is 0. The number of hydrogen-bond donors (Lipinski definition) is 2. The molecular weight excluding hydrogens is 248 g/mol. The molecule has 2 rings (SSSR count). The van der Waals surface area contributed by atoms with Crippen molar-refractivity contribution in [2.24, 2.45) is 23.5 Å². The third-order valence-electron chi connectivity index (χ3n) is 4.57. The molecule has 0 aromatic carbocycles. The summed E-state index contributed by atoms with van der Waals surface area (Å²) in [6.45, 7) is 2.85. The Bertz CT molecular complexity index is 261. The van der Waals surface area contributed by atoms with Crippen LogP contribution in [0.3, 0.4) is 0 Å². The molecule has 2 aliphatic rings. The lowest BCUT2D eigenvalue weighted by atomic mass is 9.80. The van der Waals surface area contributed by atoms with E-state index in [-0.39, 0.29) is 30.3 Å². The Morgan fingerprint density at radius 2 is 1.83 bits per heavy atom. The molecule has 106 valence electrons. The molecule has 0 radical (unpaired) electrons. The van der Waals surface area contributed by atoms with Crippen molar-refractivity contribution >= 4 is 18.3 Å². The lowest BCUT2D eigenvalue weighted by molar-refractivity contribution is -0.127. The normalized spacial score (nSPS) is 29.2. The molecule has 3 nitrogen and oxygen atoms in total. The first-order chi connectivity index (χ1) is 8.24. The number of amides is 1. The van der Waals surface area contributed by atoms with Gasteiger partial charge in [0.2, 0.25) is 5.91 Å². The SMILES string of the molecule is CCC1CCC(C(=O)NC(CN)C2CC2)CC1.Cl.